The minimum atomic E-state index is -0.177. The molecule has 0 spiro atoms. The fraction of sp³-hybridized carbons (Fsp3) is 0.486. The average Bonchev–Trinajstić information content (AvgIpc) is 3.03. The highest BCUT2D eigenvalue weighted by Gasteiger charge is 2.30. The number of likely N-dealkylation sites (N-methyl/N-ethyl adjacent to an activating group) is 1. The maximum absolute atomic E-state index is 13.7. The molecule has 0 radical (unpaired) electrons. The van der Waals surface area contributed by atoms with Gasteiger partial charge in [-0.3, -0.25) is 14.5 Å². The van der Waals surface area contributed by atoms with Gasteiger partial charge in [0, 0.05) is 58.9 Å². The molecule has 0 saturated heterocycles. The number of rotatable bonds is 12. The molecule has 0 N–H and O–H groups in total. The molecule has 42 heavy (non-hydrogen) atoms. The van der Waals surface area contributed by atoms with Crippen LogP contribution in [0.5, 0.6) is 5.75 Å². The molecule has 0 aromatic heterocycles. The molecule has 2 aromatic carbocycles. The predicted molar refractivity (Wildman–Crippen MR) is 171 cm³/mol. The van der Waals surface area contributed by atoms with E-state index in [0.717, 1.165) is 62.6 Å². The Morgan fingerprint density at radius 2 is 1.43 bits per heavy atom. The van der Waals surface area contributed by atoms with Crippen molar-refractivity contribution in [3.63, 3.8) is 0 Å². The maximum Gasteiger partial charge on any atom is 0.230 e. The Kier molecular flexibility index (Phi) is 11.4. The largest absolute Gasteiger partial charge is 0.497 e. The molecule has 0 saturated carbocycles. The van der Waals surface area contributed by atoms with E-state index in [1.165, 1.54) is 11.1 Å². The summed E-state index contributed by atoms with van der Waals surface area (Å²) in [5.41, 5.74) is 4.64. The fourth-order valence-corrected chi connectivity index (χ4v) is 6.20. The molecule has 0 bridgehead atoms. The normalized spacial score (nSPS) is 19.5. The summed E-state index contributed by atoms with van der Waals surface area (Å²) in [6.45, 7) is 12.9. The highest BCUT2D eigenvalue weighted by Crippen LogP contribution is 2.28. The SMILES string of the molecule is CCN(CCCN1CC(c2ccccc2)=C[C@H](C(=O)N(CC)CC)C1)C(=O)[C@@H]1C=C(c2cccc(OC)c2)CN(C)C1. The van der Waals surface area contributed by atoms with Gasteiger partial charge in [-0.15, -0.1) is 0 Å². The summed E-state index contributed by atoms with van der Waals surface area (Å²) < 4.78 is 5.43. The van der Waals surface area contributed by atoms with E-state index in [4.69, 9.17) is 4.74 Å². The van der Waals surface area contributed by atoms with Crippen LogP contribution in [-0.4, -0.2) is 104 Å². The van der Waals surface area contributed by atoms with Gasteiger partial charge in [0.15, 0.2) is 0 Å². The molecule has 7 nitrogen and oxygen atoms in total. The summed E-state index contributed by atoms with van der Waals surface area (Å²) in [6.07, 6.45) is 5.20. The van der Waals surface area contributed by atoms with Crippen LogP contribution in [0.1, 0.15) is 38.3 Å². The van der Waals surface area contributed by atoms with Gasteiger partial charge >= 0.3 is 0 Å². The molecule has 2 atom stereocenters. The number of carbonyl (C=O) groups is 2. The number of benzene rings is 2. The Morgan fingerprint density at radius 3 is 2.10 bits per heavy atom. The Balaban J connectivity index is 1.42. The van der Waals surface area contributed by atoms with Crippen molar-refractivity contribution >= 4 is 23.0 Å². The van der Waals surface area contributed by atoms with Crippen LogP contribution in [0, 0.1) is 11.8 Å². The van der Waals surface area contributed by atoms with E-state index in [-0.39, 0.29) is 23.7 Å². The van der Waals surface area contributed by atoms with Crippen molar-refractivity contribution < 1.29 is 14.3 Å². The van der Waals surface area contributed by atoms with Crippen molar-refractivity contribution in [2.24, 2.45) is 11.8 Å². The molecule has 2 aliphatic rings. The van der Waals surface area contributed by atoms with Crippen molar-refractivity contribution in [3.8, 4) is 5.75 Å². The number of methoxy groups -OCH3 is 1. The molecule has 4 rings (SSSR count). The van der Waals surface area contributed by atoms with E-state index in [0.29, 0.717) is 19.6 Å². The number of ether oxygens (including phenoxy) is 1. The minimum Gasteiger partial charge on any atom is -0.497 e. The Bertz CT molecular complexity index is 1250. The first kappa shape index (κ1) is 31.5. The van der Waals surface area contributed by atoms with E-state index in [1.807, 2.05) is 47.9 Å². The molecule has 2 aromatic rings. The van der Waals surface area contributed by atoms with Crippen molar-refractivity contribution in [1.82, 2.24) is 19.6 Å². The first-order chi connectivity index (χ1) is 20.4. The Hall–Kier alpha value is -3.42. The highest BCUT2D eigenvalue weighted by molar-refractivity contribution is 5.85. The molecule has 2 aliphatic heterocycles. The summed E-state index contributed by atoms with van der Waals surface area (Å²) in [4.78, 5) is 35.6. The van der Waals surface area contributed by atoms with E-state index in [2.05, 4.69) is 66.3 Å². The lowest BCUT2D eigenvalue weighted by atomic mass is 9.93. The van der Waals surface area contributed by atoms with Crippen molar-refractivity contribution in [3.05, 3.63) is 77.9 Å². The number of hydrogen-bond donors (Lipinski definition) is 0. The second-order valence-corrected chi connectivity index (χ2v) is 11.4. The zero-order valence-corrected chi connectivity index (χ0v) is 26.1. The monoisotopic (exact) mass is 572 g/mol. The maximum atomic E-state index is 13.7. The Labute approximate surface area is 252 Å². The first-order valence-corrected chi connectivity index (χ1v) is 15.5. The minimum absolute atomic E-state index is 0.157. The van der Waals surface area contributed by atoms with Gasteiger partial charge in [0.1, 0.15) is 5.75 Å². The average molecular weight is 573 g/mol. The molecule has 0 aliphatic carbocycles. The van der Waals surface area contributed by atoms with Crippen molar-refractivity contribution in [2.75, 3.05) is 73.1 Å². The van der Waals surface area contributed by atoms with Crippen molar-refractivity contribution in [1.29, 1.82) is 0 Å². The lowest BCUT2D eigenvalue weighted by Gasteiger charge is -2.35. The van der Waals surface area contributed by atoms with Gasteiger partial charge in [0.2, 0.25) is 11.8 Å². The second-order valence-electron chi connectivity index (χ2n) is 11.4. The Morgan fingerprint density at radius 1 is 0.810 bits per heavy atom. The zero-order chi connectivity index (χ0) is 30.1. The third-order valence-electron chi connectivity index (χ3n) is 8.49. The summed E-state index contributed by atoms with van der Waals surface area (Å²) in [6, 6.07) is 18.5. The summed E-state index contributed by atoms with van der Waals surface area (Å²) >= 11 is 0. The summed E-state index contributed by atoms with van der Waals surface area (Å²) in [5.74, 6) is 0.870. The van der Waals surface area contributed by atoms with E-state index in [1.54, 1.807) is 7.11 Å². The van der Waals surface area contributed by atoms with Crippen LogP contribution in [0.4, 0.5) is 0 Å². The number of carbonyl (C=O) groups excluding carboxylic acids is 2. The smallest absolute Gasteiger partial charge is 0.230 e. The lowest BCUT2D eigenvalue weighted by Crippen LogP contribution is -2.45. The number of nitrogens with zero attached hydrogens (tertiary/aromatic N) is 4. The van der Waals surface area contributed by atoms with Crippen molar-refractivity contribution in [2.45, 2.75) is 27.2 Å². The third kappa shape index (κ3) is 7.90. The standard InChI is InChI=1S/C35H48N4O3/c1-6-38(7-2)34(40)32-21-30(27-14-10-9-11-15-27)25-37(26-32)18-13-19-39(8-3)35(41)31-20-29(23-36(4)24-31)28-16-12-17-33(22-28)42-5/h9-12,14-17,20-22,31-32H,6-8,13,18-19,23-26H2,1-5H3/t31-,32+/m1/s1. The highest BCUT2D eigenvalue weighted by atomic mass is 16.5. The van der Waals surface area contributed by atoms with Gasteiger partial charge in [-0.1, -0.05) is 54.6 Å². The molecule has 7 heteroatoms. The lowest BCUT2D eigenvalue weighted by molar-refractivity contribution is -0.134. The number of hydrogen-bond acceptors (Lipinski definition) is 5. The van der Waals surface area contributed by atoms with Crippen LogP contribution < -0.4 is 4.74 Å². The van der Waals surface area contributed by atoms with Gasteiger partial charge in [0.25, 0.3) is 0 Å². The van der Waals surface area contributed by atoms with E-state index < -0.39 is 0 Å². The first-order valence-electron chi connectivity index (χ1n) is 15.5. The van der Waals surface area contributed by atoms with Crippen LogP contribution in [0.25, 0.3) is 11.1 Å². The molecular formula is C35H48N4O3. The van der Waals surface area contributed by atoms with Gasteiger partial charge in [-0.05, 0) is 68.6 Å². The van der Waals surface area contributed by atoms with Crippen LogP contribution in [0.15, 0.2) is 66.7 Å². The predicted octanol–water partition coefficient (Wildman–Crippen LogP) is 4.76. The van der Waals surface area contributed by atoms with Crippen LogP contribution in [-0.2, 0) is 9.59 Å². The van der Waals surface area contributed by atoms with Gasteiger partial charge < -0.3 is 19.4 Å². The van der Waals surface area contributed by atoms with E-state index >= 15 is 0 Å². The topological polar surface area (TPSA) is 56.3 Å². The molecule has 0 unspecified atom stereocenters. The molecule has 0 fully saturated rings. The quantitative estimate of drug-likeness (QED) is 0.367. The molecule has 2 amide bonds. The zero-order valence-electron chi connectivity index (χ0n) is 26.1. The second kappa shape index (κ2) is 15.2. The molecule has 2 heterocycles. The summed E-state index contributed by atoms with van der Waals surface area (Å²) in [5, 5.41) is 0. The number of amides is 2. The van der Waals surface area contributed by atoms with Crippen LogP contribution in [0.2, 0.25) is 0 Å². The third-order valence-corrected chi connectivity index (χ3v) is 8.49. The van der Waals surface area contributed by atoms with E-state index in [9.17, 15) is 9.59 Å². The molecule has 226 valence electrons. The van der Waals surface area contributed by atoms with Crippen LogP contribution >= 0.6 is 0 Å². The summed E-state index contributed by atoms with van der Waals surface area (Å²) in [7, 11) is 3.76. The van der Waals surface area contributed by atoms with Gasteiger partial charge in [-0.25, -0.2) is 0 Å². The van der Waals surface area contributed by atoms with Gasteiger partial charge in [-0.2, -0.15) is 0 Å². The van der Waals surface area contributed by atoms with Gasteiger partial charge in [0.05, 0.1) is 18.9 Å². The van der Waals surface area contributed by atoms with Crippen LogP contribution in [0.3, 0.4) is 0 Å². The molecular weight excluding hydrogens is 524 g/mol. The fourth-order valence-electron chi connectivity index (χ4n) is 6.20.